The van der Waals surface area contributed by atoms with Crippen LogP contribution in [0.15, 0.2) is 29.2 Å². The third kappa shape index (κ3) is 6.83. The summed E-state index contributed by atoms with van der Waals surface area (Å²) in [5.41, 5.74) is 2.78. The summed E-state index contributed by atoms with van der Waals surface area (Å²) < 4.78 is 38.5. The minimum atomic E-state index is -3.34. The van der Waals surface area contributed by atoms with E-state index in [4.69, 9.17) is 14.6 Å². The number of aryl methyl sites for hydroxylation is 2. The van der Waals surface area contributed by atoms with Crippen LogP contribution in [0.25, 0.3) is 0 Å². The number of aromatic nitrogens is 2. The van der Waals surface area contributed by atoms with Gasteiger partial charge in [0.1, 0.15) is 0 Å². The Bertz CT molecular complexity index is 1200. The van der Waals surface area contributed by atoms with Crippen molar-refractivity contribution in [2.24, 2.45) is 0 Å². The molecule has 4 rings (SSSR count). The van der Waals surface area contributed by atoms with Gasteiger partial charge in [0.25, 0.3) is 5.91 Å². The van der Waals surface area contributed by atoms with Crippen molar-refractivity contribution < 1.29 is 27.5 Å². The average molecular weight is 546 g/mol. The van der Waals surface area contributed by atoms with Gasteiger partial charge >= 0.3 is 5.97 Å². The third-order valence-electron chi connectivity index (χ3n) is 7.30. The first-order chi connectivity index (χ1) is 18.4. The molecule has 1 aliphatic heterocycles. The number of carbonyl (C=O) groups is 2. The largest absolute Gasteiger partial charge is 0.462 e. The predicted molar refractivity (Wildman–Crippen MR) is 143 cm³/mol. The fourth-order valence-corrected chi connectivity index (χ4v) is 7.05. The Morgan fingerprint density at radius 2 is 1.84 bits per heavy atom. The summed E-state index contributed by atoms with van der Waals surface area (Å²) in [5.74, 6) is -0.534. The van der Waals surface area contributed by atoms with Gasteiger partial charge in [-0.1, -0.05) is 19.8 Å². The van der Waals surface area contributed by atoms with Gasteiger partial charge in [0, 0.05) is 26.3 Å². The molecule has 38 heavy (non-hydrogen) atoms. The number of sulfone groups is 1. The smallest absolute Gasteiger partial charge is 0.338 e. The number of benzene rings is 1. The highest BCUT2D eigenvalue weighted by atomic mass is 32.2. The van der Waals surface area contributed by atoms with Crippen LogP contribution < -0.4 is 5.32 Å². The summed E-state index contributed by atoms with van der Waals surface area (Å²) in [4.78, 5) is 25.6. The highest BCUT2D eigenvalue weighted by Crippen LogP contribution is 2.29. The third-order valence-corrected chi connectivity index (χ3v) is 9.58. The van der Waals surface area contributed by atoms with Crippen LogP contribution in [0, 0.1) is 0 Å². The Labute approximate surface area is 225 Å². The van der Waals surface area contributed by atoms with Crippen LogP contribution in [0.4, 0.5) is 0 Å². The molecule has 0 spiro atoms. The van der Waals surface area contributed by atoms with E-state index in [0.717, 1.165) is 49.9 Å². The number of fused-ring (bicyclic) bond motifs is 1. The van der Waals surface area contributed by atoms with Crippen LogP contribution in [-0.4, -0.2) is 61.7 Å². The van der Waals surface area contributed by atoms with Gasteiger partial charge in [-0.05, 0) is 75.6 Å². The molecule has 2 aromatic rings. The van der Waals surface area contributed by atoms with Crippen LogP contribution in [0.5, 0.6) is 0 Å². The zero-order valence-electron chi connectivity index (χ0n) is 22.2. The number of nitrogens with zero attached hydrogens (tertiary/aromatic N) is 2. The Morgan fingerprint density at radius 3 is 2.58 bits per heavy atom. The number of carbonyl (C=O) groups excluding carboxylic acids is 2. The number of esters is 1. The minimum absolute atomic E-state index is 0.0685. The van der Waals surface area contributed by atoms with E-state index in [-0.39, 0.29) is 22.7 Å². The number of hydrogen-bond acceptors (Lipinski definition) is 7. The van der Waals surface area contributed by atoms with Crippen molar-refractivity contribution in [3.05, 3.63) is 46.8 Å². The molecule has 208 valence electrons. The maximum atomic E-state index is 12.9. The van der Waals surface area contributed by atoms with E-state index >= 15 is 0 Å². The summed E-state index contributed by atoms with van der Waals surface area (Å²) in [6.07, 6.45) is 7.69. The summed E-state index contributed by atoms with van der Waals surface area (Å²) in [7, 11) is -3.34. The molecule has 1 aromatic heterocycles. The quantitative estimate of drug-likeness (QED) is 0.375. The predicted octanol–water partition coefficient (Wildman–Crippen LogP) is 3.88. The number of nitrogens with one attached hydrogen (secondary N) is 1. The van der Waals surface area contributed by atoms with Crippen molar-refractivity contribution in [3.8, 4) is 0 Å². The molecule has 1 N–H and O–H groups in total. The lowest BCUT2D eigenvalue weighted by atomic mass is 10.1. The fourth-order valence-electron chi connectivity index (χ4n) is 5.19. The molecule has 1 aromatic carbocycles. The highest BCUT2D eigenvalue weighted by molar-refractivity contribution is 7.92. The summed E-state index contributed by atoms with van der Waals surface area (Å²) in [6.45, 7) is 4.76. The second-order valence-corrected chi connectivity index (χ2v) is 12.2. The van der Waals surface area contributed by atoms with Gasteiger partial charge in [0.05, 0.1) is 39.3 Å². The first kappa shape index (κ1) is 28.3. The molecule has 0 bridgehead atoms. The van der Waals surface area contributed by atoms with Gasteiger partial charge in [0.15, 0.2) is 9.84 Å². The molecule has 0 atom stereocenters. The van der Waals surface area contributed by atoms with E-state index in [1.165, 1.54) is 24.3 Å². The van der Waals surface area contributed by atoms with Crippen molar-refractivity contribution in [3.63, 3.8) is 0 Å². The standard InChI is InChI=1S/C28H39N3O6S/c1-2-24-26-25(11-7-18-36-19-8-16-29-27(26)32)31(30-24)17-5-6-20-37-28(33)21-12-14-23(15-13-21)38(34,35)22-9-3-4-10-22/h12-15,22H,2-11,16-20H2,1H3,(H,29,32). The maximum Gasteiger partial charge on any atom is 0.338 e. The number of amides is 1. The van der Waals surface area contributed by atoms with Crippen molar-refractivity contribution in [1.82, 2.24) is 15.1 Å². The Hall–Kier alpha value is -2.72. The van der Waals surface area contributed by atoms with Crippen LogP contribution >= 0.6 is 0 Å². The Morgan fingerprint density at radius 1 is 1.11 bits per heavy atom. The summed E-state index contributed by atoms with van der Waals surface area (Å²) >= 11 is 0. The number of rotatable bonds is 9. The lowest BCUT2D eigenvalue weighted by Crippen LogP contribution is -2.26. The van der Waals surface area contributed by atoms with Crippen molar-refractivity contribution in [1.29, 1.82) is 0 Å². The molecule has 10 heteroatoms. The van der Waals surface area contributed by atoms with Gasteiger partial charge < -0.3 is 14.8 Å². The lowest BCUT2D eigenvalue weighted by Gasteiger charge is -2.12. The first-order valence-electron chi connectivity index (χ1n) is 13.9. The summed E-state index contributed by atoms with van der Waals surface area (Å²) in [5, 5.41) is 7.40. The molecule has 9 nitrogen and oxygen atoms in total. The second-order valence-electron chi connectivity index (χ2n) is 9.99. The first-order valence-corrected chi connectivity index (χ1v) is 15.4. The van der Waals surface area contributed by atoms with Gasteiger partial charge in [0.2, 0.25) is 0 Å². The molecule has 2 aliphatic rings. The molecule has 2 heterocycles. The normalized spacial score (nSPS) is 17.4. The molecular formula is C28H39N3O6S. The minimum Gasteiger partial charge on any atom is -0.462 e. The van der Waals surface area contributed by atoms with Crippen LogP contribution in [0.1, 0.15) is 90.4 Å². The topological polar surface area (TPSA) is 117 Å². The highest BCUT2D eigenvalue weighted by Gasteiger charge is 2.30. The molecule has 1 aliphatic carbocycles. The fraction of sp³-hybridized carbons (Fsp3) is 0.607. The number of hydrogen-bond donors (Lipinski definition) is 1. The molecule has 1 amide bonds. The van der Waals surface area contributed by atoms with Gasteiger partial charge in [-0.2, -0.15) is 5.10 Å². The van der Waals surface area contributed by atoms with E-state index in [9.17, 15) is 18.0 Å². The molecule has 1 fully saturated rings. The van der Waals surface area contributed by atoms with E-state index in [1.807, 2.05) is 11.6 Å². The van der Waals surface area contributed by atoms with Crippen LogP contribution in [0.2, 0.25) is 0 Å². The SMILES string of the molecule is CCc1nn(CCCCOC(=O)c2ccc(S(=O)(=O)C3CCCC3)cc2)c2c1C(=O)NCCCOCCC2. The molecule has 1 saturated carbocycles. The molecular weight excluding hydrogens is 506 g/mol. The Balaban J connectivity index is 1.29. The zero-order valence-corrected chi connectivity index (χ0v) is 23.1. The van der Waals surface area contributed by atoms with E-state index in [1.54, 1.807) is 0 Å². The Kier molecular flexibility index (Phi) is 9.96. The molecule has 0 saturated heterocycles. The van der Waals surface area contributed by atoms with E-state index in [0.29, 0.717) is 63.1 Å². The average Bonchev–Trinajstić information content (AvgIpc) is 3.58. The monoisotopic (exact) mass is 545 g/mol. The van der Waals surface area contributed by atoms with Gasteiger partial charge in [-0.25, -0.2) is 13.2 Å². The van der Waals surface area contributed by atoms with Crippen molar-refractivity contribution in [2.75, 3.05) is 26.4 Å². The second kappa shape index (κ2) is 13.4. The zero-order chi connectivity index (χ0) is 27.0. The molecule has 0 radical (unpaired) electrons. The summed E-state index contributed by atoms with van der Waals surface area (Å²) in [6, 6.07) is 6.07. The lowest BCUT2D eigenvalue weighted by molar-refractivity contribution is 0.0496. The van der Waals surface area contributed by atoms with E-state index < -0.39 is 15.8 Å². The van der Waals surface area contributed by atoms with E-state index in [2.05, 4.69) is 5.32 Å². The van der Waals surface area contributed by atoms with Crippen molar-refractivity contribution >= 4 is 21.7 Å². The van der Waals surface area contributed by atoms with Crippen LogP contribution in [0.3, 0.4) is 0 Å². The number of unbranched alkanes of at least 4 members (excludes halogenated alkanes) is 1. The maximum absolute atomic E-state index is 12.9. The molecule has 0 unspecified atom stereocenters. The van der Waals surface area contributed by atoms with Crippen LogP contribution in [-0.2, 0) is 38.7 Å². The van der Waals surface area contributed by atoms with Crippen molar-refractivity contribution in [2.45, 2.75) is 87.8 Å². The number of ether oxygens (including phenoxy) is 2. The van der Waals surface area contributed by atoms with Gasteiger partial charge in [-0.3, -0.25) is 9.48 Å². The van der Waals surface area contributed by atoms with Gasteiger partial charge in [-0.15, -0.1) is 0 Å².